The van der Waals surface area contributed by atoms with Gasteiger partial charge in [-0.25, -0.2) is 10.1 Å². The van der Waals surface area contributed by atoms with E-state index in [0.717, 1.165) is 0 Å². The number of nitrogens with one attached hydrogen (secondary N) is 2. The van der Waals surface area contributed by atoms with Gasteiger partial charge < -0.3 is 20.5 Å². The van der Waals surface area contributed by atoms with Gasteiger partial charge in [-0.3, -0.25) is 4.79 Å². The van der Waals surface area contributed by atoms with Gasteiger partial charge in [-0.15, -0.1) is 0 Å². The number of rotatable bonds is 8. The fourth-order valence-electron chi connectivity index (χ4n) is 1.07. The summed E-state index contributed by atoms with van der Waals surface area (Å²) in [4.78, 5) is 14.1. The zero-order valence-corrected chi connectivity index (χ0v) is 10.2. The molecule has 0 saturated heterocycles. The van der Waals surface area contributed by atoms with Crippen molar-refractivity contribution >= 4 is 5.97 Å². The molecule has 0 aliphatic heterocycles. The predicted octanol–water partition coefficient (Wildman–Crippen LogP) is -0.277. The van der Waals surface area contributed by atoms with Crippen LogP contribution in [0.2, 0.25) is 0 Å². The molecule has 7 heteroatoms. The molecule has 0 amide bonds. The Morgan fingerprint density at radius 2 is 2.17 bits per heavy atom. The second-order valence-corrected chi connectivity index (χ2v) is 3.08. The summed E-state index contributed by atoms with van der Waals surface area (Å²) < 4.78 is 4.74. The monoisotopic (exact) mass is 252 g/mol. The molecule has 0 atom stereocenters. The fraction of sp³-hybridized carbons (Fsp3) is 0.545. The molecule has 0 heterocycles. The third-order valence-corrected chi connectivity index (χ3v) is 1.80. The molecular weight excluding hydrogens is 236 g/mol. The van der Waals surface area contributed by atoms with Crippen LogP contribution in [-0.2, 0) is 9.53 Å². The zero-order chi connectivity index (χ0) is 13.8. The second-order valence-electron chi connectivity index (χ2n) is 3.08. The number of nitriles is 1. The highest BCUT2D eigenvalue weighted by molar-refractivity contribution is 5.69. The number of esters is 1. The van der Waals surface area contributed by atoms with Gasteiger partial charge in [-0.1, -0.05) is 0 Å². The van der Waals surface area contributed by atoms with E-state index >= 15 is 0 Å². The number of allylic oxidation sites excluding steroid dienone is 1. The molecule has 0 bridgehead atoms. The van der Waals surface area contributed by atoms with E-state index in [9.17, 15) is 4.79 Å². The van der Waals surface area contributed by atoms with Crippen LogP contribution in [0.4, 0.5) is 0 Å². The van der Waals surface area contributed by atoms with Crippen LogP contribution in [0.3, 0.4) is 0 Å². The highest BCUT2D eigenvalue weighted by Crippen LogP contribution is 1.99. The molecule has 0 fully saturated rings. The van der Waals surface area contributed by atoms with Crippen LogP contribution in [0.15, 0.2) is 11.5 Å². The van der Waals surface area contributed by atoms with Gasteiger partial charge in [0.05, 0.1) is 32.3 Å². The number of carbonyl (C=O) groups excluding carboxylic acids is 1. The molecule has 18 heavy (non-hydrogen) atoms. The molecule has 98 valence electrons. The third kappa shape index (κ3) is 6.36. The molecule has 0 rings (SSSR count). The average molecular weight is 252 g/mol. The maximum atomic E-state index is 11.1. The van der Waals surface area contributed by atoms with Gasteiger partial charge in [0, 0.05) is 13.1 Å². The summed E-state index contributed by atoms with van der Waals surface area (Å²) in [6.07, 6.45) is 0.134. The quantitative estimate of drug-likeness (QED) is 0.312. The number of hydrogen-bond donors (Lipinski definition) is 3. The number of aliphatic hydroxyl groups is 1. The van der Waals surface area contributed by atoms with Crippen molar-refractivity contribution < 1.29 is 14.6 Å². The van der Waals surface area contributed by atoms with Gasteiger partial charge in [-0.2, -0.15) is 0 Å². The van der Waals surface area contributed by atoms with Crippen molar-refractivity contribution in [1.29, 1.82) is 5.26 Å². The van der Waals surface area contributed by atoms with Crippen molar-refractivity contribution in [2.45, 2.75) is 13.3 Å². The van der Waals surface area contributed by atoms with Crippen LogP contribution in [0.5, 0.6) is 0 Å². The minimum absolute atomic E-state index is 0.125. The predicted molar refractivity (Wildman–Crippen MR) is 63.6 cm³/mol. The second kappa shape index (κ2) is 9.94. The molecule has 3 N–H and O–H groups in total. The summed E-state index contributed by atoms with van der Waals surface area (Å²) in [6, 6.07) is 1.73. The fourth-order valence-corrected chi connectivity index (χ4v) is 1.07. The lowest BCUT2D eigenvalue weighted by Gasteiger charge is -2.12. The lowest BCUT2D eigenvalue weighted by Crippen LogP contribution is -2.31. The topological polar surface area (TPSA) is 98.7 Å². The molecule has 0 aromatic carbocycles. The Balaban J connectivity index is 4.36. The smallest absolute Gasteiger partial charge is 0.307 e. The van der Waals surface area contributed by atoms with Crippen molar-refractivity contribution in [2.75, 3.05) is 26.3 Å². The molecule has 0 spiro atoms. The van der Waals surface area contributed by atoms with E-state index in [-0.39, 0.29) is 43.6 Å². The Morgan fingerprint density at radius 3 is 2.67 bits per heavy atom. The Kier molecular flexibility index (Phi) is 8.70. The highest BCUT2D eigenvalue weighted by atomic mass is 16.5. The van der Waals surface area contributed by atoms with E-state index in [1.807, 2.05) is 0 Å². The van der Waals surface area contributed by atoms with E-state index in [1.54, 1.807) is 13.0 Å². The molecule has 0 radical (unpaired) electrons. The molecule has 0 aliphatic rings. The molecule has 0 aromatic heterocycles. The molecule has 7 nitrogen and oxygen atoms in total. The zero-order valence-electron chi connectivity index (χ0n) is 10.2. The standard InChI is InChI=1S/C11H16N4O3/c1-3-18-10(17)4-5-14-11(15-6-7-16)9(8-12)13-2/h14-16H,3-7H2,1H3/b11-9+. The van der Waals surface area contributed by atoms with Crippen molar-refractivity contribution in [3.05, 3.63) is 22.9 Å². The van der Waals surface area contributed by atoms with Gasteiger partial charge in [0.25, 0.3) is 5.70 Å². The molecule has 0 saturated carbocycles. The Morgan fingerprint density at radius 1 is 1.50 bits per heavy atom. The first-order valence-electron chi connectivity index (χ1n) is 5.45. The van der Waals surface area contributed by atoms with E-state index in [4.69, 9.17) is 21.7 Å². The summed E-state index contributed by atoms with van der Waals surface area (Å²) in [5.41, 5.74) is -0.146. The number of nitrogens with zero attached hydrogens (tertiary/aromatic N) is 2. The minimum Gasteiger partial charge on any atom is -0.466 e. The SMILES string of the molecule is [C-]#[N+]/C(C#N)=C(/NCCO)NCCC(=O)OCC. The van der Waals surface area contributed by atoms with Gasteiger partial charge in [0.15, 0.2) is 0 Å². The highest BCUT2D eigenvalue weighted by Gasteiger charge is 2.07. The maximum Gasteiger partial charge on any atom is 0.307 e. The van der Waals surface area contributed by atoms with Crippen molar-refractivity contribution in [2.24, 2.45) is 0 Å². The van der Waals surface area contributed by atoms with Gasteiger partial charge in [0.2, 0.25) is 0 Å². The third-order valence-electron chi connectivity index (χ3n) is 1.80. The van der Waals surface area contributed by atoms with Crippen LogP contribution in [0.25, 0.3) is 4.85 Å². The van der Waals surface area contributed by atoms with E-state index in [2.05, 4.69) is 15.5 Å². The van der Waals surface area contributed by atoms with E-state index in [1.165, 1.54) is 0 Å². The Bertz CT molecular complexity index is 363. The van der Waals surface area contributed by atoms with Crippen molar-refractivity contribution in [3.8, 4) is 6.07 Å². The van der Waals surface area contributed by atoms with Crippen molar-refractivity contribution in [3.63, 3.8) is 0 Å². The summed E-state index contributed by atoms with van der Waals surface area (Å²) in [5.74, 6) is -0.140. The van der Waals surface area contributed by atoms with Crippen LogP contribution < -0.4 is 10.6 Å². The number of carbonyl (C=O) groups is 1. The van der Waals surface area contributed by atoms with Gasteiger partial charge >= 0.3 is 5.97 Å². The summed E-state index contributed by atoms with van der Waals surface area (Å²) >= 11 is 0. The van der Waals surface area contributed by atoms with Crippen LogP contribution >= 0.6 is 0 Å². The van der Waals surface area contributed by atoms with E-state index in [0.29, 0.717) is 6.61 Å². The summed E-state index contributed by atoms with van der Waals surface area (Å²) in [5, 5.41) is 22.9. The lowest BCUT2D eigenvalue weighted by atomic mass is 10.4. The normalized spacial score (nSPS) is 10.7. The van der Waals surface area contributed by atoms with Crippen LogP contribution in [0.1, 0.15) is 13.3 Å². The number of hydrogen-bond acceptors (Lipinski definition) is 6. The minimum atomic E-state index is -0.354. The molecule has 0 aromatic rings. The molecule has 0 aliphatic carbocycles. The molecular formula is C11H16N4O3. The average Bonchev–Trinajstić information content (AvgIpc) is 2.36. The van der Waals surface area contributed by atoms with Gasteiger partial charge in [-0.05, 0) is 6.92 Å². The van der Waals surface area contributed by atoms with Gasteiger partial charge in [0.1, 0.15) is 5.82 Å². The van der Waals surface area contributed by atoms with E-state index < -0.39 is 0 Å². The number of ether oxygens (including phenoxy) is 1. The maximum absolute atomic E-state index is 11.1. The summed E-state index contributed by atoms with van der Waals surface area (Å²) in [7, 11) is 0. The van der Waals surface area contributed by atoms with Crippen LogP contribution in [-0.4, -0.2) is 37.4 Å². The van der Waals surface area contributed by atoms with Crippen molar-refractivity contribution in [1.82, 2.24) is 10.6 Å². The number of aliphatic hydroxyl groups excluding tert-OH is 1. The Labute approximate surface area is 106 Å². The summed E-state index contributed by atoms with van der Waals surface area (Å²) in [6.45, 7) is 9.18. The molecule has 0 unspecified atom stereocenters. The Hall–Kier alpha value is -2.25. The first kappa shape index (κ1) is 15.8. The first-order valence-corrected chi connectivity index (χ1v) is 5.45. The van der Waals surface area contributed by atoms with Crippen LogP contribution in [0, 0.1) is 17.9 Å². The lowest BCUT2D eigenvalue weighted by molar-refractivity contribution is -0.142. The largest absolute Gasteiger partial charge is 0.466 e. The first-order chi connectivity index (χ1) is 8.69.